The number of hydrogen-bond donors (Lipinski definition) is 1. The minimum atomic E-state index is 0.00248. The number of unbranched alkanes of at least 4 members (excludes halogenated alkanes) is 1. The van der Waals surface area contributed by atoms with Crippen molar-refractivity contribution in [2.24, 2.45) is 0 Å². The summed E-state index contributed by atoms with van der Waals surface area (Å²) in [5.74, 6) is 0.948. The minimum absolute atomic E-state index is 0.00248. The molecule has 0 saturated carbocycles. The van der Waals surface area contributed by atoms with Crippen molar-refractivity contribution in [3.05, 3.63) is 71.8 Å². The van der Waals surface area contributed by atoms with Crippen molar-refractivity contribution in [3.8, 4) is 5.75 Å². The van der Waals surface area contributed by atoms with E-state index in [1.807, 2.05) is 30.3 Å². The zero-order valence-electron chi connectivity index (χ0n) is 15.0. The van der Waals surface area contributed by atoms with E-state index in [9.17, 15) is 4.79 Å². The highest BCUT2D eigenvalue weighted by molar-refractivity contribution is 6.01. The molecule has 0 saturated heterocycles. The van der Waals surface area contributed by atoms with E-state index in [1.165, 1.54) is 16.3 Å². The Bertz CT molecular complexity index is 948. The molecule has 0 aromatic heterocycles. The van der Waals surface area contributed by atoms with Gasteiger partial charge in [0.25, 0.3) is 0 Å². The lowest BCUT2D eigenvalue weighted by molar-refractivity contribution is -0.116. The fourth-order valence-electron chi connectivity index (χ4n) is 3.76. The molecule has 1 unspecified atom stereocenters. The van der Waals surface area contributed by atoms with Crippen LogP contribution >= 0.6 is 0 Å². The van der Waals surface area contributed by atoms with Gasteiger partial charge in [-0.25, -0.2) is 0 Å². The van der Waals surface area contributed by atoms with Gasteiger partial charge in [0.1, 0.15) is 5.75 Å². The summed E-state index contributed by atoms with van der Waals surface area (Å²) in [4.78, 5) is 12.4. The summed E-state index contributed by atoms with van der Waals surface area (Å²) in [6.07, 6.45) is 2.57. The van der Waals surface area contributed by atoms with Crippen LogP contribution in [-0.2, 0) is 4.79 Å². The van der Waals surface area contributed by atoms with Crippen LogP contribution < -0.4 is 10.1 Å². The molecule has 1 aliphatic rings. The summed E-state index contributed by atoms with van der Waals surface area (Å²) >= 11 is 0. The number of nitrogens with one attached hydrogen (secondary N) is 1. The Labute approximate surface area is 154 Å². The van der Waals surface area contributed by atoms with Gasteiger partial charge in [0, 0.05) is 23.6 Å². The maximum atomic E-state index is 12.4. The topological polar surface area (TPSA) is 38.3 Å². The number of hydrogen-bond acceptors (Lipinski definition) is 2. The predicted octanol–water partition coefficient (Wildman–Crippen LogP) is 5.49. The SMILES string of the molecule is CCCCOc1ccccc1C1CC(=O)Nc2ccc3ccccc3c21. The van der Waals surface area contributed by atoms with Crippen LogP contribution in [0.5, 0.6) is 5.75 Å². The first kappa shape index (κ1) is 16.6. The zero-order chi connectivity index (χ0) is 17.9. The summed E-state index contributed by atoms with van der Waals surface area (Å²) in [5.41, 5.74) is 3.19. The molecule has 3 aromatic carbocycles. The third-order valence-corrected chi connectivity index (χ3v) is 5.03. The smallest absolute Gasteiger partial charge is 0.225 e. The lowest BCUT2D eigenvalue weighted by Crippen LogP contribution is -2.24. The largest absolute Gasteiger partial charge is 0.493 e. The van der Waals surface area contributed by atoms with Gasteiger partial charge in [-0.15, -0.1) is 0 Å². The van der Waals surface area contributed by atoms with Gasteiger partial charge in [0.15, 0.2) is 0 Å². The fraction of sp³-hybridized carbons (Fsp3) is 0.261. The van der Waals surface area contributed by atoms with Crippen LogP contribution in [0.3, 0.4) is 0 Å². The third kappa shape index (κ3) is 3.05. The molecule has 1 atom stereocenters. The van der Waals surface area contributed by atoms with E-state index in [4.69, 9.17) is 4.74 Å². The van der Waals surface area contributed by atoms with Gasteiger partial charge in [-0.05, 0) is 34.9 Å². The molecule has 0 aliphatic carbocycles. The van der Waals surface area contributed by atoms with E-state index >= 15 is 0 Å². The minimum Gasteiger partial charge on any atom is -0.493 e. The van der Waals surface area contributed by atoms with E-state index in [1.54, 1.807) is 0 Å². The molecule has 1 N–H and O–H groups in total. The van der Waals surface area contributed by atoms with E-state index < -0.39 is 0 Å². The number of fused-ring (bicyclic) bond motifs is 3. The first-order chi connectivity index (χ1) is 12.8. The highest BCUT2D eigenvalue weighted by Crippen LogP contribution is 2.44. The Morgan fingerprint density at radius 2 is 1.85 bits per heavy atom. The van der Waals surface area contributed by atoms with Gasteiger partial charge in [-0.2, -0.15) is 0 Å². The molecule has 3 aromatic rings. The van der Waals surface area contributed by atoms with Crippen LogP contribution in [0.15, 0.2) is 60.7 Å². The monoisotopic (exact) mass is 345 g/mol. The highest BCUT2D eigenvalue weighted by Gasteiger charge is 2.30. The first-order valence-corrected chi connectivity index (χ1v) is 9.31. The number of benzene rings is 3. The quantitative estimate of drug-likeness (QED) is 0.621. The van der Waals surface area contributed by atoms with Crippen LogP contribution in [0, 0.1) is 0 Å². The zero-order valence-corrected chi connectivity index (χ0v) is 15.0. The highest BCUT2D eigenvalue weighted by atomic mass is 16.5. The number of para-hydroxylation sites is 1. The average molecular weight is 345 g/mol. The maximum Gasteiger partial charge on any atom is 0.225 e. The van der Waals surface area contributed by atoms with Gasteiger partial charge < -0.3 is 10.1 Å². The molecule has 0 fully saturated rings. The number of anilines is 1. The molecule has 1 amide bonds. The van der Waals surface area contributed by atoms with Crippen molar-refractivity contribution in [2.75, 3.05) is 11.9 Å². The van der Waals surface area contributed by atoms with Gasteiger partial charge in [-0.3, -0.25) is 4.79 Å². The molecule has 3 nitrogen and oxygen atoms in total. The van der Waals surface area contributed by atoms with E-state index in [0.717, 1.165) is 29.8 Å². The lowest BCUT2D eigenvalue weighted by Gasteiger charge is -2.28. The van der Waals surface area contributed by atoms with Crippen molar-refractivity contribution >= 4 is 22.4 Å². The van der Waals surface area contributed by atoms with E-state index in [2.05, 4.69) is 42.6 Å². The summed E-state index contributed by atoms with van der Waals surface area (Å²) in [6, 6.07) is 20.6. The van der Waals surface area contributed by atoms with Crippen molar-refractivity contribution < 1.29 is 9.53 Å². The molecule has 1 aliphatic heterocycles. The number of carbonyl (C=O) groups is 1. The average Bonchev–Trinajstić information content (AvgIpc) is 2.67. The summed E-state index contributed by atoms with van der Waals surface area (Å²) in [5, 5.41) is 5.43. The van der Waals surface area contributed by atoms with Gasteiger partial charge >= 0.3 is 0 Å². The molecular formula is C23H23NO2. The molecule has 0 spiro atoms. The molecular weight excluding hydrogens is 322 g/mol. The molecule has 0 radical (unpaired) electrons. The lowest BCUT2D eigenvalue weighted by atomic mass is 9.81. The first-order valence-electron chi connectivity index (χ1n) is 9.31. The Kier molecular flexibility index (Phi) is 4.61. The Morgan fingerprint density at radius 3 is 2.73 bits per heavy atom. The van der Waals surface area contributed by atoms with Crippen LogP contribution in [0.4, 0.5) is 5.69 Å². The van der Waals surface area contributed by atoms with Crippen molar-refractivity contribution in [3.63, 3.8) is 0 Å². The normalized spacial score (nSPS) is 16.2. The fourth-order valence-corrected chi connectivity index (χ4v) is 3.76. The van der Waals surface area contributed by atoms with Gasteiger partial charge in [0.05, 0.1) is 6.61 Å². The molecule has 3 heteroatoms. The Balaban J connectivity index is 1.84. The number of ether oxygens (including phenoxy) is 1. The molecule has 0 bridgehead atoms. The Morgan fingerprint density at radius 1 is 1.04 bits per heavy atom. The summed E-state index contributed by atoms with van der Waals surface area (Å²) in [7, 11) is 0. The van der Waals surface area contributed by atoms with Crippen LogP contribution in [0.25, 0.3) is 10.8 Å². The predicted molar refractivity (Wildman–Crippen MR) is 106 cm³/mol. The second kappa shape index (κ2) is 7.20. The van der Waals surface area contributed by atoms with Gasteiger partial charge in [-0.1, -0.05) is 61.9 Å². The molecule has 26 heavy (non-hydrogen) atoms. The summed E-state index contributed by atoms with van der Waals surface area (Å²) in [6.45, 7) is 2.86. The van der Waals surface area contributed by atoms with Crippen molar-refractivity contribution in [1.29, 1.82) is 0 Å². The second-order valence-corrected chi connectivity index (χ2v) is 6.79. The standard InChI is InChI=1S/C23H23NO2/c1-2-3-14-26-21-11-7-6-10-18(21)19-15-22(25)24-20-13-12-16-8-4-5-9-17(16)23(19)20/h4-13,19H,2-3,14-15H2,1H3,(H,24,25). The van der Waals surface area contributed by atoms with E-state index in [-0.39, 0.29) is 11.8 Å². The van der Waals surface area contributed by atoms with Crippen molar-refractivity contribution in [2.45, 2.75) is 32.1 Å². The summed E-state index contributed by atoms with van der Waals surface area (Å²) < 4.78 is 6.06. The van der Waals surface area contributed by atoms with Crippen LogP contribution in [-0.4, -0.2) is 12.5 Å². The number of carbonyl (C=O) groups excluding carboxylic acids is 1. The van der Waals surface area contributed by atoms with E-state index in [0.29, 0.717) is 13.0 Å². The number of amides is 1. The molecule has 132 valence electrons. The second-order valence-electron chi connectivity index (χ2n) is 6.79. The Hall–Kier alpha value is -2.81. The van der Waals surface area contributed by atoms with Crippen LogP contribution in [0.1, 0.15) is 43.2 Å². The maximum absolute atomic E-state index is 12.4. The van der Waals surface area contributed by atoms with Gasteiger partial charge in [0.2, 0.25) is 5.91 Å². The van der Waals surface area contributed by atoms with Crippen LogP contribution in [0.2, 0.25) is 0 Å². The third-order valence-electron chi connectivity index (χ3n) is 5.03. The molecule has 1 heterocycles. The number of rotatable bonds is 5. The van der Waals surface area contributed by atoms with Crippen molar-refractivity contribution in [1.82, 2.24) is 0 Å². The molecule has 4 rings (SSSR count).